The molecule has 0 saturated carbocycles. The minimum absolute atomic E-state index is 1.09. The lowest BCUT2D eigenvalue weighted by Gasteiger charge is -2.13. The Labute approximate surface area is 136 Å². The normalized spacial score (nSPS) is 13.2. The number of benzene rings is 2. The van der Waals surface area contributed by atoms with Crippen LogP contribution in [0.25, 0.3) is 17.2 Å². The topological polar surface area (TPSA) is 0 Å². The lowest BCUT2D eigenvalue weighted by Crippen LogP contribution is -1.93. The van der Waals surface area contributed by atoms with Crippen molar-refractivity contribution in [2.75, 3.05) is 0 Å². The molecule has 0 spiro atoms. The fourth-order valence-corrected chi connectivity index (χ4v) is 3.83. The maximum Gasteiger partial charge on any atom is 0.0329 e. The smallest absolute Gasteiger partial charge is 0.0329 e. The second kappa shape index (κ2) is 6.19. The number of hydrogen-bond donors (Lipinski definition) is 0. The zero-order valence-corrected chi connectivity index (χ0v) is 14.3. The molecule has 0 bridgehead atoms. The molecule has 1 aliphatic rings. The molecule has 0 saturated heterocycles. The summed E-state index contributed by atoms with van der Waals surface area (Å²) in [6.45, 7) is 4.46. The van der Waals surface area contributed by atoms with Crippen LogP contribution in [0, 0.1) is 0 Å². The quantitative estimate of drug-likeness (QED) is 0.602. The molecule has 2 aromatic carbocycles. The molecule has 1 heteroatoms. The molecule has 0 aromatic heterocycles. The first-order valence-electron chi connectivity index (χ1n) is 7.77. The zero-order valence-electron chi connectivity index (χ0n) is 12.7. The van der Waals surface area contributed by atoms with Gasteiger partial charge in [-0.2, -0.15) is 0 Å². The number of unbranched alkanes of at least 4 members (excludes halogenated alkanes) is 1. The Morgan fingerprint density at radius 1 is 1.05 bits per heavy atom. The fourth-order valence-electron chi connectivity index (χ4n) is 3.12. The third-order valence-corrected chi connectivity index (χ3v) is 5.09. The lowest BCUT2D eigenvalue weighted by molar-refractivity contribution is 0.796. The first kappa shape index (κ1) is 14.6. The SMILES string of the molecule is CCCCc1ccccc1-c1ccc2c(c1Br)C=C(C)C2. The molecule has 0 unspecified atom stereocenters. The van der Waals surface area contributed by atoms with Crippen molar-refractivity contribution < 1.29 is 0 Å². The van der Waals surface area contributed by atoms with Crippen molar-refractivity contribution in [2.45, 2.75) is 39.5 Å². The van der Waals surface area contributed by atoms with Gasteiger partial charge in [0, 0.05) is 4.47 Å². The molecular formula is C20H21Br. The average molecular weight is 341 g/mol. The molecule has 0 N–H and O–H groups in total. The van der Waals surface area contributed by atoms with Crippen LogP contribution in [0.4, 0.5) is 0 Å². The third kappa shape index (κ3) is 2.85. The highest BCUT2D eigenvalue weighted by atomic mass is 79.9. The molecular weight excluding hydrogens is 320 g/mol. The number of aryl methyl sites for hydroxylation is 1. The number of fused-ring (bicyclic) bond motifs is 1. The second-order valence-electron chi connectivity index (χ2n) is 5.93. The summed E-state index contributed by atoms with van der Waals surface area (Å²) in [5, 5.41) is 0. The van der Waals surface area contributed by atoms with E-state index in [0.717, 1.165) is 12.8 Å². The molecule has 0 fully saturated rings. The van der Waals surface area contributed by atoms with Crippen LogP contribution in [0.2, 0.25) is 0 Å². The first-order valence-corrected chi connectivity index (χ1v) is 8.57. The van der Waals surface area contributed by atoms with Gasteiger partial charge in [0.1, 0.15) is 0 Å². The molecule has 0 radical (unpaired) electrons. The zero-order chi connectivity index (χ0) is 14.8. The molecule has 0 atom stereocenters. The molecule has 0 amide bonds. The van der Waals surface area contributed by atoms with Crippen LogP contribution in [0.3, 0.4) is 0 Å². The van der Waals surface area contributed by atoms with E-state index in [9.17, 15) is 0 Å². The second-order valence-corrected chi connectivity index (χ2v) is 6.72. The summed E-state index contributed by atoms with van der Waals surface area (Å²) in [5.74, 6) is 0. The van der Waals surface area contributed by atoms with E-state index in [2.05, 4.69) is 72.3 Å². The summed E-state index contributed by atoms with van der Waals surface area (Å²) < 4.78 is 1.25. The third-order valence-electron chi connectivity index (χ3n) is 4.24. The van der Waals surface area contributed by atoms with Gasteiger partial charge in [-0.3, -0.25) is 0 Å². The van der Waals surface area contributed by atoms with Crippen molar-refractivity contribution >= 4 is 22.0 Å². The van der Waals surface area contributed by atoms with Crippen molar-refractivity contribution in [3.63, 3.8) is 0 Å². The van der Waals surface area contributed by atoms with Crippen LogP contribution >= 0.6 is 15.9 Å². The Hall–Kier alpha value is -1.34. The van der Waals surface area contributed by atoms with E-state index in [-0.39, 0.29) is 0 Å². The highest BCUT2D eigenvalue weighted by molar-refractivity contribution is 9.10. The molecule has 3 rings (SSSR count). The molecule has 21 heavy (non-hydrogen) atoms. The largest absolute Gasteiger partial charge is 0.0683 e. The van der Waals surface area contributed by atoms with E-state index >= 15 is 0 Å². The highest BCUT2D eigenvalue weighted by Gasteiger charge is 2.17. The van der Waals surface area contributed by atoms with Gasteiger partial charge in [0.15, 0.2) is 0 Å². The summed E-state index contributed by atoms with van der Waals surface area (Å²) in [6, 6.07) is 13.4. The fraction of sp³-hybridized carbons (Fsp3) is 0.300. The highest BCUT2D eigenvalue weighted by Crippen LogP contribution is 2.39. The molecule has 1 aliphatic carbocycles. The summed E-state index contributed by atoms with van der Waals surface area (Å²) >= 11 is 3.85. The predicted molar refractivity (Wildman–Crippen MR) is 95.5 cm³/mol. The van der Waals surface area contributed by atoms with Gasteiger partial charge in [0.2, 0.25) is 0 Å². The molecule has 2 aromatic rings. The Kier molecular flexibility index (Phi) is 4.30. The molecule has 0 aliphatic heterocycles. The van der Waals surface area contributed by atoms with Crippen molar-refractivity contribution in [1.82, 2.24) is 0 Å². The molecule has 0 heterocycles. The number of hydrogen-bond acceptors (Lipinski definition) is 0. The van der Waals surface area contributed by atoms with E-state index < -0.39 is 0 Å². The summed E-state index contributed by atoms with van der Waals surface area (Å²) in [6.07, 6.45) is 7.05. The Bertz CT molecular complexity index is 695. The Morgan fingerprint density at radius 3 is 2.67 bits per heavy atom. The number of halogens is 1. The predicted octanol–water partition coefficient (Wildman–Crippen LogP) is 6.42. The monoisotopic (exact) mass is 340 g/mol. The van der Waals surface area contributed by atoms with Crippen molar-refractivity contribution in [3.8, 4) is 11.1 Å². The minimum atomic E-state index is 1.09. The Balaban J connectivity index is 2.08. The summed E-state index contributed by atoms with van der Waals surface area (Å²) in [5.41, 5.74) is 8.41. The maximum atomic E-state index is 3.85. The number of rotatable bonds is 4. The van der Waals surface area contributed by atoms with Crippen LogP contribution in [0.15, 0.2) is 46.4 Å². The Morgan fingerprint density at radius 2 is 1.86 bits per heavy atom. The maximum absolute atomic E-state index is 3.85. The van der Waals surface area contributed by atoms with Crippen molar-refractivity contribution in [3.05, 3.63) is 63.1 Å². The van der Waals surface area contributed by atoms with Crippen molar-refractivity contribution in [1.29, 1.82) is 0 Å². The molecule has 0 nitrogen and oxygen atoms in total. The first-order chi connectivity index (χ1) is 10.2. The van der Waals surface area contributed by atoms with E-state index in [1.54, 1.807) is 0 Å². The van der Waals surface area contributed by atoms with E-state index in [4.69, 9.17) is 0 Å². The van der Waals surface area contributed by atoms with Crippen LogP contribution in [0.1, 0.15) is 43.4 Å². The standard InChI is InChI=1S/C20H21Br/c1-3-4-7-15-8-5-6-9-17(15)18-11-10-16-12-14(2)13-19(16)20(18)21/h5-6,8-11,13H,3-4,7,12H2,1-2H3. The van der Waals surface area contributed by atoms with Crippen molar-refractivity contribution in [2.24, 2.45) is 0 Å². The van der Waals surface area contributed by atoms with Gasteiger partial charge in [-0.1, -0.05) is 61.4 Å². The van der Waals surface area contributed by atoms with Gasteiger partial charge >= 0.3 is 0 Å². The van der Waals surface area contributed by atoms with Crippen LogP contribution < -0.4 is 0 Å². The van der Waals surface area contributed by atoms with Gasteiger partial charge in [-0.25, -0.2) is 0 Å². The van der Waals surface area contributed by atoms with Crippen LogP contribution in [-0.2, 0) is 12.8 Å². The summed E-state index contributed by atoms with van der Waals surface area (Å²) in [7, 11) is 0. The summed E-state index contributed by atoms with van der Waals surface area (Å²) in [4.78, 5) is 0. The minimum Gasteiger partial charge on any atom is -0.0683 e. The van der Waals surface area contributed by atoms with Gasteiger partial charge in [-0.05, 0) is 69.9 Å². The van der Waals surface area contributed by atoms with Gasteiger partial charge in [0.25, 0.3) is 0 Å². The van der Waals surface area contributed by atoms with Gasteiger partial charge in [-0.15, -0.1) is 0 Å². The van der Waals surface area contributed by atoms with E-state index in [0.29, 0.717) is 0 Å². The van der Waals surface area contributed by atoms with Crippen LogP contribution in [0.5, 0.6) is 0 Å². The molecule has 108 valence electrons. The average Bonchev–Trinajstić information content (AvgIpc) is 2.88. The van der Waals surface area contributed by atoms with Crippen LogP contribution in [-0.4, -0.2) is 0 Å². The van der Waals surface area contributed by atoms with Gasteiger partial charge < -0.3 is 0 Å². The van der Waals surface area contributed by atoms with E-state index in [1.807, 2.05) is 0 Å². The number of allylic oxidation sites excluding steroid dienone is 1. The lowest BCUT2D eigenvalue weighted by atomic mass is 9.94. The van der Waals surface area contributed by atoms with Gasteiger partial charge in [0.05, 0.1) is 0 Å². The van der Waals surface area contributed by atoms with E-state index in [1.165, 1.54) is 50.7 Å².